The summed E-state index contributed by atoms with van der Waals surface area (Å²) in [5.74, 6) is 0.0258. The maximum absolute atomic E-state index is 12.1. The van der Waals surface area contributed by atoms with Gasteiger partial charge in [0.05, 0.1) is 6.10 Å². The summed E-state index contributed by atoms with van der Waals surface area (Å²) in [6, 6.07) is 1.88. The SMILES string of the molecule is CCCCCC(C)(C)C(=O)NCC(O)c1ccsc1. The number of unbranched alkanes of at least 4 members (excludes halogenated alkanes) is 2. The normalized spacial score (nSPS) is 13.3. The van der Waals surface area contributed by atoms with Gasteiger partial charge >= 0.3 is 0 Å². The van der Waals surface area contributed by atoms with Crippen LogP contribution >= 0.6 is 11.3 Å². The molecule has 0 radical (unpaired) electrons. The van der Waals surface area contributed by atoms with Crippen LogP contribution in [0.1, 0.15) is 58.1 Å². The van der Waals surface area contributed by atoms with Crippen LogP contribution in [0, 0.1) is 5.41 Å². The van der Waals surface area contributed by atoms with Gasteiger partial charge in [0.25, 0.3) is 0 Å². The first-order chi connectivity index (χ1) is 8.97. The smallest absolute Gasteiger partial charge is 0.225 e. The van der Waals surface area contributed by atoms with Crippen LogP contribution in [0.5, 0.6) is 0 Å². The maximum atomic E-state index is 12.1. The Balaban J connectivity index is 2.37. The van der Waals surface area contributed by atoms with Crippen LogP contribution in [0.3, 0.4) is 0 Å². The lowest BCUT2D eigenvalue weighted by atomic mass is 9.86. The molecule has 0 spiro atoms. The molecule has 0 saturated heterocycles. The Morgan fingerprint density at radius 1 is 1.47 bits per heavy atom. The third kappa shape index (κ3) is 5.33. The van der Waals surface area contributed by atoms with E-state index in [4.69, 9.17) is 0 Å². The number of aliphatic hydroxyl groups excluding tert-OH is 1. The van der Waals surface area contributed by atoms with Gasteiger partial charge in [0, 0.05) is 12.0 Å². The van der Waals surface area contributed by atoms with E-state index in [-0.39, 0.29) is 17.9 Å². The molecule has 0 aliphatic rings. The fourth-order valence-corrected chi connectivity index (χ4v) is 2.65. The molecule has 0 fully saturated rings. The second kappa shape index (κ2) is 7.65. The Bertz CT molecular complexity index is 374. The minimum absolute atomic E-state index is 0.0258. The predicted octanol–water partition coefficient (Wildman–Crippen LogP) is 3.50. The number of carbonyl (C=O) groups is 1. The Morgan fingerprint density at radius 3 is 2.79 bits per heavy atom. The highest BCUT2D eigenvalue weighted by Crippen LogP contribution is 2.24. The number of nitrogens with one attached hydrogen (secondary N) is 1. The van der Waals surface area contributed by atoms with E-state index in [1.165, 1.54) is 0 Å². The lowest BCUT2D eigenvalue weighted by molar-refractivity contribution is -0.130. The minimum atomic E-state index is -0.610. The summed E-state index contributed by atoms with van der Waals surface area (Å²) in [4.78, 5) is 12.1. The average Bonchev–Trinajstić information content (AvgIpc) is 2.89. The van der Waals surface area contributed by atoms with Crippen molar-refractivity contribution >= 4 is 17.2 Å². The molecule has 0 saturated carbocycles. The third-order valence-electron chi connectivity index (χ3n) is 3.40. The fraction of sp³-hybridized carbons (Fsp3) is 0.667. The molecule has 1 rings (SSSR count). The predicted molar refractivity (Wildman–Crippen MR) is 80.2 cm³/mol. The van der Waals surface area contributed by atoms with Crippen molar-refractivity contribution in [1.82, 2.24) is 5.32 Å². The molecule has 1 atom stereocenters. The zero-order valence-electron chi connectivity index (χ0n) is 12.1. The fourth-order valence-electron chi connectivity index (χ4n) is 1.94. The van der Waals surface area contributed by atoms with E-state index in [2.05, 4.69) is 12.2 Å². The summed E-state index contributed by atoms with van der Waals surface area (Å²) < 4.78 is 0. The molecule has 1 heterocycles. The van der Waals surface area contributed by atoms with Gasteiger partial charge < -0.3 is 10.4 Å². The zero-order chi connectivity index (χ0) is 14.3. The van der Waals surface area contributed by atoms with Crippen molar-refractivity contribution in [3.63, 3.8) is 0 Å². The van der Waals surface area contributed by atoms with Crippen molar-refractivity contribution in [3.05, 3.63) is 22.4 Å². The van der Waals surface area contributed by atoms with E-state index in [1.807, 2.05) is 30.7 Å². The molecule has 0 aromatic carbocycles. The summed E-state index contributed by atoms with van der Waals surface area (Å²) in [6.45, 7) is 6.38. The molecule has 2 N–H and O–H groups in total. The van der Waals surface area contributed by atoms with Gasteiger partial charge in [-0.05, 0) is 28.8 Å². The van der Waals surface area contributed by atoms with Crippen LogP contribution in [0.25, 0.3) is 0 Å². The number of hydrogen-bond donors (Lipinski definition) is 2. The lowest BCUT2D eigenvalue weighted by Gasteiger charge is -2.24. The quantitative estimate of drug-likeness (QED) is 0.717. The van der Waals surface area contributed by atoms with Crippen molar-refractivity contribution < 1.29 is 9.90 Å². The van der Waals surface area contributed by atoms with Gasteiger partial charge in [-0.15, -0.1) is 0 Å². The minimum Gasteiger partial charge on any atom is -0.387 e. The largest absolute Gasteiger partial charge is 0.387 e. The Labute approximate surface area is 120 Å². The van der Waals surface area contributed by atoms with Crippen LogP contribution < -0.4 is 5.32 Å². The molecule has 0 aliphatic heterocycles. The van der Waals surface area contributed by atoms with Crippen molar-refractivity contribution in [2.45, 2.75) is 52.6 Å². The van der Waals surface area contributed by atoms with Crippen molar-refractivity contribution in [1.29, 1.82) is 0 Å². The Hall–Kier alpha value is -0.870. The zero-order valence-corrected chi connectivity index (χ0v) is 12.9. The summed E-state index contributed by atoms with van der Waals surface area (Å²) in [5, 5.41) is 16.6. The molecule has 0 bridgehead atoms. The molecular formula is C15H25NO2S. The van der Waals surface area contributed by atoms with E-state index in [9.17, 15) is 9.90 Å². The number of hydrogen-bond acceptors (Lipinski definition) is 3. The molecule has 4 heteroatoms. The van der Waals surface area contributed by atoms with Crippen molar-refractivity contribution in [2.75, 3.05) is 6.54 Å². The first-order valence-electron chi connectivity index (χ1n) is 6.96. The second-order valence-corrected chi connectivity index (χ2v) is 6.40. The molecule has 1 aromatic rings. The van der Waals surface area contributed by atoms with Gasteiger partial charge in [-0.1, -0.05) is 40.0 Å². The highest BCUT2D eigenvalue weighted by atomic mass is 32.1. The summed E-state index contributed by atoms with van der Waals surface area (Å²) >= 11 is 1.55. The van der Waals surface area contributed by atoms with Crippen LogP contribution in [0.4, 0.5) is 0 Å². The number of amides is 1. The van der Waals surface area contributed by atoms with Crippen molar-refractivity contribution in [2.24, 2.45) is 5.41 Å². The number of thiophene rings is 1. The second-order valence-electron chi connectivity index (χ2n) is 5.62. The van der Waals surface area contributed by atoms with Gasteiger partial charge in [0.15, 0.2) is 0 Å². The monoisotopic (exact) mass is 283 g/mol. The molecule has 3 nitrogen and oxygen atoms in total. The average molecular weight is 283 g/mol. The first kappa shape index (κ1) is 16.2. The van der Waals surface area contributed by atoms with Crippen molar-refractivity contribution in [3.8, 4) is 0 Å². The Kier molecular flexibility index (Phi) is 6.52. The van der Waals surface area contributed by atoms with E-state index < -0.39 is 6.10 Å². The molecule has 1 aromatic heterocycles. The van der Waals surface area contributed by atoms with E-state index in [0.29, 0.717) is 0 Å². The molecule has 1 amide bonds. The van der Waals surface area contributed by atoms with Gasteiger partial charge in [0.1, 0.15) is 0 Å². The van der Waals surface area contributed by atoms with Gasteiger partial charge in [0.2, 0.25) is 5.91 Å². The van der Waals surface area contributed by atoms with Gasteiger partial charge in [-0.2, -0.15) is 11.3 Å². The number of aliphatic hydroxyl groups is 1. The maximum Gasteiger partial charge on any atom is 0.225 e. The summed E-state index contributed by atoms with van der Waals surface area (Å²) in [7, 11) is 0. The van der Waals surface area contributed by atoms with Crippen LogP contribution in [-0.4, -0.2) is 17.6 Å². The number of rotatable bonds is 8. The van der Waals surface area contributed by atoms with E-state index in [1.54, 1.807) is 11.3 Å². The van der Waals surface area contributed by atoms with E-state index in [0.717, 1.165) is 31.2 Å². The molecule has 0 aliphatic carbocycles. The first-order valence-corrected chi connectivity index (χ1v) is 7.90. The molecule has 108 valence electrons. The summed E-state index contributed by atoms with van der Waals surface area (Å²) in [5.41, 5.74) is 0.512. The molecule has 19 heavy (non-hydrogen) atoms. The third-order valence-corrected chi connectivity index (χ3v) is 4.11. The molecular weight excluding hydrogens is 258 g/mol. The van der Waals surface area contributed by atoms with E-state index >= 15 is 0 Å². The van der Waals surface area contributed by atoms with Crippen LogP contribution in [0.2, 0.25) is 0 Å². The standard InChI is InChI=1S/C15H25NO2S/c1-4-5-6-8-15(2,3)14(18)16-10-13(17)12-7-9-19-11-12/h7,9,11,13,17H,4-6,8,10H2,1-3H3,(H,16,18). The highest BCUT2D eigenvalue weighted by molar-refractivity contribution is 7.07. The number of carbonyl (C=O) groups excluding carboxylic acids is 1. The van der Waals surface area contributed by atoms with Gasteiger partial charge in [-0.25, -0.2) is 0 Å². The topological polar surface area (TPSA) is 49.3 Å². The van der Waals surface area contributed by atoms with Crippen LogP contribution in [0.15, 0.2) is 16.8 Å². The molecule has 1 unspecified atom stereocenters. The summed E-state index contributed by atoms with van der Waals surface area (Å²) in [6.07, 6.45) is 3.68. The Morgan fingerprint density at radius 2 is 2.21 bits per heavy atom. The van der Waals surface area contributed by atoms with Crippen LogP contribution in [-0.2, 0) is 4.79 Å². The lowest BCUT2D eigenvalue weighted by Crippen LogP contribution is -2.39. The van der Waals surface area contributed by atoms with Gasteiger partial charge in [-0.3, -0.25) is 4.79 Å². The highest BCUT2D eigenvalue weighted by Gasteiger charge is 2.27.